The van der Waals surface area contributed by atoms with Crippen molar-refractivity contribution in [2.45, 2.75) is 12.8 Å². The number of nitrogens with two attached hydrogens (primary N) is 1. The van der Waals surface area contributed by atoms with Crippen LogP contribution in [0.15, 0.2) is 18.2 Å². The van der Waals surface area contributed by atoms with E-state index in [1.54, 1.807) is 18.2 Å². The van der Waals surface area contributed by atoms with Gasteiger partial charge >= 0.3 is 0 Å². The van der Waals surface area contributed by atoms with Crippen molar-refractivity contribution in [2.75, 3.05) is 6.61 Å². The van der Waals surface area contributed by atoms with E-state index >= 15 is 0 Å². The maximum absolute atomic E-state index is 9.48. The van der Waals surface area contributed by atoms with Crippen LogP contribution >= 0.6 is 11.6 Å². The predicted molar refractivity (Wildman–Crippen MR) is 51.7 cm³/mol. The summed E-state index contributed by atoms with van der Waals surface area (Å²) in [7, 11) is 0. The van der Waals surface area contributed by atoms with Crippen molar-refractivity contribution in [1.82, 2.24) is 0 Å². The molecule has 0 aliphatic carbocycles. The van der Waals surface area contributed by atoms with Crippen LogP contribution in [0.4, 0.5) is 0 Å². The lowest BCUT2D eigenvalue weighted by atomic mass is 10.0. The van der Waals surface area contributed by atoms with Crippen molar-refractivity contribution in [3.05, 3.63) is 28.8 Å². The molecule has 0 aliphatic heterocycles. The molecule has 4 heteroatoms. The van der Waals surface area contributed by atoms with Gasteiger partial charge in [0.2, 0.25) is 0 Å². The number of hydrogen-bond donors (Lipinski definition) is 2. The van der Waals surface area contributed by atoms with Gasteiger partial charge in [-0.05, 0) is 18.2 Å². The van der Waals surface area contributed by atoms with Gasteiger partial charge in [0.15, 0.2) is 0 Å². The Kier molecular flexibility index (Phi) is 3.54. The number of hydrogen-bond acceptors (Lipinski definition) is 3. The van der Waals surface area contributed by atoms with Crippen LogP contribution in [0.1, 0.15) is 18.4 Å². The summed E-state index contributed by atoms with van der Waals surface area (Å²) in [6.07, 6.45) is 0. The van der Waals surface area contributed by atoms with E-state index in [0.29, 0.717) is 11.6 Å². The first-order valence-electron chi connectivity index (χ1n) is 3.95. The fourth-order valence-electron chi connectivity index (χ4n) is 1.15. The first kappa shape index (κ1) is 10.3. The SMILES string of the molecule is CC(CON)c1cc(Cl)ccc1O. The maximum Gasteiger partial charge on any atom is 0.119 e. The molecule has 0 saturated carbocycles. The second kappa shape index (κ2) is 4.46. The van der Waals surface area contributed by atoms with E-state index in [2.05, 4.69) is 4.84 Å². The molecule has 0 bridgehead atoms. The predicted octanol–water partition coefficient (Wildman–Crippen LogP) is 2.04. The van der Waals surface area contributed by atoms with Crippen LogP contribution in [0.3, 0.4) is 0 Å². The monoisotopic (exact) mass is 201 g/mol. The molecular formula is C9H12ClNO2. The summed E-state index contributed by atoms with van der Waals surface area (Å²) < 4.78 is 0. The molecule has 0 aliphatic rings. The molecule has 1 aromatic rings. The molecule has 1 rings (SSSR count). The van der Waals surface area contributed by atoms with Gasteiger partial charge in [-0.3, -0.25) is 0 Å². The second-order valence-electron chi connectivity index (χ2n) is 2.94. The van der Waals surface area contributed by atoms with E-state index in [1.807, 2.05) is 6.92 Å². The van der Waals surface area contributed by atoms with Crippen LogP contribution < -0.4 is 5.90 Å². The Hall–Kier alpha value is -0.770. The van der Waals surface area contributed by atoms with E-state index in [-0.39, 0.29) is 11.7 Å². The number of benzene rings is 1. The van der Waals surface area contributed by atoms with Gasteiger partial charge in [0.25, 0.3) is 0 Å². The highest BCUT2D eigenvalue weighted by atomic mass is 35.5. The average molecular weight is 202 g/mol. The van der Waals surface area contributed by atoms with Crippen molar-refractivity contribution in [1.29, 1.82) is 0 Å². The van der Waals surface area contributed by atoms with Crippen molar-refractivity contribution in [3.63, 3.8) is 0 Å². The average Bonchev–Trinajstić information content (AvgIpc) is 2.09. The molecule has 72 valence electrons. The Balaban J connectivity index is 2.91. The van der Waals surface area contributed by atoms with Crippen LogP contribution in [0.25, 0.3) is 0 Å². The molecule has 0 aromatic heterocycles. The van der Waals surface area contributed by atoms with E-state index in [0.717, 1.165) is 5.56 Å². The van der Waals surface area contributed by atoms with Crippen molar-refractivity contribution >= 4 is 11.6 Å². The molecule has 0 saturated heterocycles. The third kappa shape index (κ3) is 2.59. The van der Waals surface area contributed by atoms with E-state index in [1.165, 1.54) is 0 Å². The van der Waals surface area contributed by atoms with Crippen molar-refractivity contribution in [2.24, 2.45) is 5.90 Å². The van der Waals surface area contributed by atoms with E-state index in [9.17, 15) is 5.11 Å². The van der Waals surface area contributed by atoms with Gasteiger partial charge in [-0.15, -0.1) is 0 Å². The van der Waals surface area contributed by atoms with Crippen molar-refractivity contribution in [3.8, 4) is 5.75 Å². The highest BCUT2D eigenvalue weighted by molar-refractivity contribution is 6.30. The smallest absolute Gasteiger partial charge is 0.119 e. The fraction of sp³-hybridized carbons (Fsp3) is 0.333. The summed E-state index contributed by atoms with van der Waals surface area (Å²) in [6, 6.07) is 4.90. The summed E-state index contributed by atoms with van der Waals surface area (Å²) >= 11 is 5.78. The number of phenols is 1. The number of phenolic OH excluding ortho intramolecular Hbond substituents is 1. The Morgan fingerprint density at radius 1 is 1.62 bits per heavy atom. The van der Waals surface area contributed by atoms with Crippen LogP contribution in [-0.2, 0) is 4.84 Å². The molecule has 0 fully saturated rings. The molecule has 1 aromatic carbocycles. The zero-order valence-corrected chi connectivity index (χ0v) is 8.08. The molecule has 1 atom stereocenters. The zero-order chi connectivity index (χ0) is 9.84. The summed E-state index contributed by atoms with van der Waals surface area (Å²) in [5.41, 5.74) is 0.748. The van der Waals surface area contributed by atoms with Crippen molar-refractivity contribution < 1.29 is 9.94 Å². The van der Waals surface area contributed by atoms with Crippen LogP contribution in [0.2, 0.25) is 5.02 Å². The quantitative estimate of drug-likeness (QED) is 0.736. The first-order valence-corrected chi connectivity index (χ1v) is 4.33. The lowest BCUT2D eigenvalue weighted by Crippen LogP contribution is -2.08. The largest absolute Gasteiger partial charge is 0.508 e. The molecule has 13 heavy (non-hydrogen) atoms. The van der Waals surface area contributed by atoms with Crippen LogP contribution in [0, 0.1) is 0 Å². The lowest BCUT2D eigenvalue weighted by Gasteiger charge is -2.11. The minimum atomic E-state index is 0.0312. The minimum absolute atomic E-state index is 0.0312. The lowest BCUT2D eigenvalue weighted by molar-refractivity contribution is 0.126. The molecule has 0 spiro atoms. The molecular weight excluding hydrogens is 190 g/mol. The number of rotatable bonds is 3. The number of aromatic hydroxyl groups is 1. The Morgan fingerprint density at radius 2 is 2.31 bits per heavy atom. The summed E-state index contributed by atoms with van der Waals surface area (Å²) in [5, 5.41) is 10.1. The summed E-state index contributed by atoms with van der Waals surface area (Å²) in [6.45, 7) is 2.26. The van der Waals surface area contributed by atoms with Crippen LogP contribution in [0.5, 0.6) is 5.75 Å². The third-order valence-corrected chi connectivity index (χ3v) is 2.10. The Morgan fingerprint density at radius 3 is 2.92 bits per heavy atom. The summed E-state index contributed by atoms with van der Waals surface area (Å²) in [4.78, 5) is 4.50. The zero-order valence-electron chi connectivity index (χ0n) is 7.33. The third-order valence-electron chi connectivity index (χ3n) is 1.87. The van der Waals surface area contributed by atoms with Gasteiger partial charge < -0.3 is 9.94 Å². The van der Waals surface area contributed by atoms with Gasteiger partial charge in [0.05, 0.1) is 6.61 Å². The van der Waals surface area contributed by atoms with Gasteiger partial charge in [-0.25, -0.2) is 5.90 Å². The van der Waals surface area contributed by atoms with Gasteiger partial charge in [0, 0.05) is 16.5 Å². The molecule has 3 nitrogen and oxygen atoms in total. The maximum atomic E-state index is 9.48. The van der Waals surface area contributed by atoms with Gasteiger partial charge in [-0.1, -0.05) is 18.5 Å². The van der Waals surface area contributed by atoms with Gasteiger partial charge in [0.1, 0.15) is 5.75 Å². The van der Waals surface area contributed by atoms with E-state index < -0.39 is 0 Å². The minimum Gasteiger partial charge on any atom is -0.508 e. The molecule has 0 heterocycles. The van der Waals surface area contributed by atoms with E-state index in [4.69, 9.17) is 17.5 Å². The first-order chi connectivity index (χ1) is 6.15. The molecule has 0 amide bonds. The molecule has 0 radical (unpaired) electrons. The number of halogens is 1. The van der Waals surface area contributed by atoms with Crippen LogP contribution in [-0.4, -0.2) is 11.7 Å². The normalized spacial score (nSPS) is 12.8. The Labute approximate surface area is 82.0 Å². The topological polar surface area (TPSA) is 55.5 Å². The molecule has 3 N–H and O–H groups in total. The highest BCUT2D eigenvalue weighted by Gasteiger charge is 2.10. The standard InChI is InChI=1S/C9H12ClNO2/c1-6(5-13-11)8-4-7(10)2-3-9(8)12/h2-4,6,12H,5,11H2,1H3. The van der Waals surface area contributed by atoms with Gasteiger partial charge in [-0.2, -0.15) is 0 Å². The molecule has 1 unspecified atom stereocenters. The highest BCUT2D eigenvalue weighted by Crippen LogP contribution is 2.28. The fourth-order valence-corrected chi connectivity index (χ4v) is 1.33. The summed E-state index contributed by atoms with van der Waals surface area (Å²) in [5.74, 6) is 5.19. The Bertz CT molecular complexity index is 291. The second-order valence-corrected chi connectivity index (χ2v) is 3.37.